The number of thiophene rings is 1. The van der Waals surface area contributed by atoms with Crippen LogP contribution in [-0.2, 0) is 6.54 Å². The number of rotatable bonds is 4. The van der Waals surface area contributed by atoms with E-state index in [-0.39, 0.29) is 17.3 Å². The quantitative estimate of drug-likeness (QED) is 0.500. The number of hydrogen-bond acceptors (Lipinski definition) is 5. The molecule has 3 N–H and O–H groups in total. The zero-order chi connectivity index (χ0) is 14.7. The zero-order valence-corrected chi connectivity index (χ0v) is 12.5. The SMILES string of the molecule is Nc1cc(C(=O)NCc2sccc2Br)ccc1[N+](=O)[O-]. The molecular formula is C12H10BrN3O3S. The van der Waals surface area contributed by atoms with Crippen molar-refractivity contribution < 1.29 is 9.72 Å². The number of nitrogen functional groups attached to an aromatic ring is 1. The van der Waals surface area contributed by atoms with Gasteiger partial charge in [-0.1, -0.05) is 0 Å². The molecule has 1 amide bonds. The van der Waals surface area contributed by atoms with Crippen LogP contribution in [0, 0.1) is 10.1 Å². The predicted molar refractivity (Wildman–Crippen MR) is 80.7 cm³/mol. The molecular weight excluding hydrogens is 346 g/mol. The molecule has 0 saturated heterocycles. The third-order valence-corrected chi connectivity index (χ3v) is 4.51. The summed E-state index contributed by atoms with van der Waals surface area (Å²) in [6, 6.07) is 5.81. The smallest absolute Gasteiger partial charge is 0.292 e. The Morgan fingerprint density at radius 3 is 2.75 bits per heavy atom. The first kappa shape index (κ1) is 14.5. The molecule has 0 aliphatic heterocycles. The van der Waals surface area contributed by atoms with E-state index >= 15 is 0 Å². The maximum absolute atomic E-state index is 11.9. The lowest BCUT2D eigenvalue weighted by Crippen LogP contribution is -2.22. The van der Waals surface area contributed by atoms with Gasteiger partial charge in [-0.15, -0.1) is 11.3 Å². The first-order valence-corrected chi connectivity index (χ1v) is 7.20. The average Bonchev–Trinajstić information content (AvgIpc) is 2.81. The highest BCUT2D eigenvalue weighted by molar-refractivity contribution is 9.10. The van der Waals surface area contributed by atoms with E-state index < -0.39 is 4.92 Å². The van der Waals surface area contributed by atoms with E-state index in [9.17, 15) is 14.9 Å². The molecule has 0 atom stereocenters. The molecule has 8 heteroatoms. The van der Waals surface area contributed by atoms with Gasteiger partial charge in [0.2, 0.25) is 0 Å². The Kier molecular flexibility index (Phi) is 4.35. The van der Waals surface area contributed by atoms with Crippen molar-refractivity contribution in [1.82, 2.24) is 5.32 Å². The first-order valence-electron chi connectivity index (χ1n) is 5.53. The van der Waals surface area contributed by atoms with Gasteiger partial charge in [0.25, 0.3) is 11.6 Å². The molecule has 1 aromatic carbocycles. The van der Waals surface area contributed by atoms with E-state index in [0.717, 1.165) is 9.35 Å². The van der Waals surface area contributed by atoms with E-state index in [1.807, 2.05) is 11.4 Å². The average molecular weight is 356 g/mol. The number of carbonyl (C=O) groups is 1. The summed E-state index contributed by atoms with van der Waals surface area (Å²) >= 11 is 4.89. The van der Waals surface area contributed by atoms with Gasteiger partial charge in [0.15, 0.2) is 0 Å². The van der Waals surface area contributed by atoms with Gasteiger partial charge < -0.3 is 11.1 Å². The second-order valence-corrected chi connectivity index (χ2v) is 5.76. The van der Waals surface area contributed by atoms with Crippen LogP contribution < -0.4 is 11.1 Å². The van der Waals surface area contributed by atoms with Crippen LogP contribution in [0.15, 0.2) is 34.1 Å². The third kappa shape index (κ3) is 3.14. The minimum absolute atomic E-state index is 0.0278. The number of nitrogens with two attached hydrogens (primary N) is 1. The van der Waals surface area contributed by atoms with Crippen LogP contribution in [0.1, 0.15) is 15.2 Å². The highest BCUT2D eigenvalue weighted by atomic mass is 79.9. The van der Waals surface area contributed by atoms with Gasteiger partial charge in [-0.05, 0) is 39.5 Å². The van der Waals surface area contributed by atoms with Gasteiger partial charge in [0, 0.05) is 21.0 Å². The summed E-state index contributed by atoms with van der Waals surface area (Å²) in [5, 5.41) is 15.3. The number of hydrogen-bond donors (Lipinski definition) is 2. The fraction of sp³-hybridized carbons (Fsp3) is 0.0833. The number of benzene rings is 1. The van der Waals surface area contributed by atoms with Gasteiger partial charge in [0.05, 0.1) is 11.5 Å². The molecule has 6 nitrogen and oxygen atoms in total. The number of amides is 1. The van der Waals surface area contributed by atoms with Crippen molar-refractivity contribution in [3.63, 3.8) is 0 Å². The van der Waals surface area contributed by atoms with Crippen LogP contribution >= 0.6 is 27.3 Å². The summed E-state index contributed by atoms with van der Waals surface area (Å²) in [5.41, 5.74) is 5.61. The Labute approximate surface area is 126 Å². The zero-order valence-electron chi connectivity index (χ0n) is 10.1. The van der Waals surface area contributed by atoms with Gasteiger partial charge in [-0.3, -0.25) is 14.9 Å². The topological polar surface area (TPSA) is 98.3 Å². The monoisotopic (exact) mass is 355 g/mol. The second kappa shape index (κ2) is 6.02. The number of halogens is 1. The van der Waals surface area contributed by atoms with Crippen molar-refractivity contribution in [2.45, 2.75) is 6.54 Å². The van der Waals surface area contributed by atoms with E-state index in [2.05, 4.69) is 21.2 Å². The summed E-state index contributed by atoms with van der Waals surface area (Å²) in [6.07, 6.45) is 0. The highest BCUT2D eigenvalue weighted by Gasteiger charge is 2.14. The number of carbonyl (C=O) groups excluding carboxylic acids is 1. The largest absolute Gasteiger partial charge is 0.393 e. The molecule has 0 saturated carbocycles. The Morgan fingerprint density at radius 1 is 1.45 bits per heavy atom. The van der Waals surface area contributed by atoms with Crippen molar-refractivity contribution in [3.8, 4) is 0 Å². The lowest BCUT2D eigenvalue weighted by molar-refractivity contribution is -0.383. The molecule has 2 rings (SSSR count). The first-order chi connectivity index (χ1) is 9.49. The van der Waals surface area contributed by atoms with Crippen LogP contribution in [0.4, 0.5) is 11.4 Å². The second-order valence-electron chi connectivity index (χ2n) is 3.91. The fourth-order valence-electron chi connectivity index (χ4n) is 1.58. The van der Waals surface area contributed by atoms with Gasteiger partial charge in [-0.25, -0.2) is 0 Å². The summed E-state index contributed by atoms with van der Waals surface area (Å²) in [4.78, 5) is 23.0. The van der Waals surface area contributed by atoms with E-state index in [1.54, 1.807) is 0 Å². The molecule has 0 bridgehead atoms. The molecule has 0 fully saturated rings. The number of nitrogens with one attached hydrogen (secondary N) is 1. The van der Waals surface area contributed by atoms with Gasteiger partial charge in [0.1, 0.15) is 5.69 Å². The molecule has 0 aliphatic carbocycles. The van der Waals surface area contributed by atoms with Crippen LogP contribution in [0.3, 0.4) is 0 Å². The summed E-state index contributed by atoms with van der Waals surface area (Å²) in [6.45, 7) is 0.383. The van der Waals surface area contributed by atoms with Crippen LogP contribution in [0.2, 0.25) is 0 Å². The maximum atomic E-state index is 11.9. The molecule has 1 heterocycles. The Bertz CT molecular complexity index is 672. The minimum atomic E-state index is -0.584. The Balaban J connectivity index is 2.08. The van der Waals surface area contributed by atoms with Crippen LogP contribution in [0.5, 0.6) is 0 Å². The fourth-order valence-corrected chi connectivity index (χ4v) is 3.01. The molecule has 0 spiro atoms. The summed E-state index contributed by atoms with van der Waals surface area (Å²) in [5.74, 6) is -0.327. The lowest BCUT2D eigenvalue weighted by Gasteiger charge is -2.05. The predicted octanol–water partition coefficient (Wildman–Crippen LogP) is 2.93. The molecule has 104 valence electrons. The molecule has 0 unspecified atom stereocenters. The third-order valence-electron chi connectivity index (χ3n) is 2.59. The minimum Gasteiger partial charge on any atom is -0.393 e. The lowest BCUT2D eigenvalue weighted by atomic mass is 10.1. The standard InChI is InChI=1S/C12H10BrN3O3S/c13-8-3-4-20-11(8)6-15-12(17)7-1-2-10(16(18)19)9(14)5-7/h1-5H,6,14H2,(H,15,17). The number of anilines is 1. The normalized spacial score (nSPS) is 10.2. The molecule has 2 aromatic rings. The summed E-state index contributed by atoms with van der Waals surface area (Å²) < 4.78 is 0.936. The van der Waals surface area contributed by atoms with Crippen molar-refractivity contribution in [2.75, 3.05) is 5.73 Å². The van der Waals surface area contributed by atoms with Gasteiger partial charge in [-0.2, -0.15) is 0 Å². The van der Waals surface area contributed by atoms with Gasteiger partial charge >= 0.3 is 0 Å². The number of nitro benzene ring substituents is 1. The highest BCUT2D eigenvalue weighted by Crippen LogP contribution is 2.23. The summed E-state index contributed by atoms with van der Waals surface area (Å²) in [7, 11) is 0. The van der Waals surface area contributed by atoms with Crippen LogP contribution in [-0.4, -0.2) is 10.8 Å². The molecule has 20 heavy (non-hydrogen) atoms. The van der Waals surface area contributed by atoms with Crippen molar-refractivity contribution in [2.24, 2.45) is 0 Å². The molecule has 0 aliphatic rings. The Morgan fingerprint density at radius 2 is 2.20 bits per heavy atom. The van der Waals surface area contributed by atoms with E-state index in [4.69, 9.17) is 5.73 Å². The van der Waals surface area contributed by atoms with E-state index in [1.165, 1.54) is 29.5 Å². The molecule has 0 radical (unpaired) electrons. The van der Waals surface area contributed by atoms with Crippen molar-refractivity contribution >= 4 is 44.5 Å². The van der Waals surface area contributed by atoms with E-state index in [0.29, 0.717) is 12.1 Å². The van der Waals surface area contributed by atoms with Crippen LogP contribution in [0.25, 0.3) is 0 Å². The number of nitro groups is 1. The van der Waals surface area contributed by atoms with Crippen molar-refractivity contribution in [3.05, 3.63) is 54.7 Å². The Hall–Kier alpha value is -1.93. The van der Waals surface area contributed by atoms with Crippen molar-refractivity contribution in [1.29, 1.82) is 0 Å². The molecule has 1 aromatic heterocycles. The maximum Gasteiger partial charge on any atom is 0.292 e. The number of nitrogens with zero attached hydrogens (tertiary/aromatic N) is 1.